The summed E-state index contributed by atoms with van der Waals surface area (Å²) in [5.41, 5.74) is 7.61. The van der Waals surface area contributed by atoms with Crippen molar-refractivity contribution < 1.29 is 5.11 Å². The molecule has 2 aromatic heterocycles. The van der Waals surface area contributed by atoms with E-state index in [1.165, 1.54) is 23.3 Å². The lowest BCUT2D eigenvalue weighted by atomic mass is 9.97. The van der Waals surface area contributed by atoms with Gasteiger partial charge in [-0.1, -0.05) is 0 Å². The Labute approximate surface area is 135 Å². The van der Waals surface area contributed by atoms with Gasteiger partial charge in [0, 0.05) is 11.4 Å². The number of thiophene rings is 1. The molecular formula is C16H24N4OS. The largest absolute Gasteiger partial charge is 0.393 e. The molecule has 1 unspecified atom stereocenters. The third-order valence-electron chi connectivity index (χ3n) is 4.23. The third kappa shape index (κ3) is 3.24. The van der Waals surface area contributed by atoms with Gasteiger partial charge in [0.25, 0.3) is 0 Å². The fraction of sp³-hybridized carbons (Fsp3) is 0.625. The van der Waals surface area contributed by atoms with E-state index in [1.54, 1.807) is 11.3 Å². The van der Waals surface area contributed by atoms with Gasteiger partial charge in [0.05, 0.1) is 18.0 Å². The number of rotatable bonds is 5. The third-order valence-corrected chi connectivity index (χ3v) is 5.41. The molecule has 0 bridgehead atoms. The van der Waals surface area contributed by atoms with Crippen LogP contribution in [0.5, 0.6) is 0 Å². The van der Waals surface area contributed by atoms with Crippen LogP contribution >= 0.6 is 11.3 Å². The molecule has 0 amide bonds. The fourth-order valence-electron chi connectivity index (χ4n) is 3.03. The lowest BCUT2D eigenvalue weighted by Crippen LogP contribution is -2.23. The first kappa shape index (κ1) is 15.6. The second-order valence-corrected chi connectivity index (χ2v) is 7.38. The van der Waals surface area contributed by atoms with E-state index in [0.717, 1.165) is 41.8 Å². The molecule has 3 rings (SSSR count). The number of aromatic nitrogens is 2. The van der Waals surface area contributed by atoms with Gasteiger partial charge in [0.2, 0.25) is 0 Å². The molecule has 0 radical (unpaired) electrons. The smallest absolute Gasteiger partial charge is 0.146 e. The number of nitrogens with zero attached hydrogens (tertiary/aromatic N) is 3. The fourth-order valence-corrected chi connectivity index (χ4v) is 4.32. The molecular weight excluding hydrogens is 296 g/mol. The number of fused-ring (bicyclic) bond motifs is 3. The zero-order valence-corrected chi connectivity index (χ0v) is 14.1. The average Bonchev–Trinajstić information content (AvgIpc) is 2.83. The van der Waals surface area contributed by atoms with Crippen molar-refractivity contribution in [1.82, 2.24) is 14.9 Å². The molecule has 0 aliphatic heterocycles. The summed E-state index contributed by atoms with van der Waals surface area (Å²) in [6, 6.07) is 0. The van der Waals surface area contributed by atoms with Gasteiger partial charge < -0.3 is 10.8 Å². The molecule has 22 heavy (non-hydrogen) atoms. The van der Waals surface area contributed by atoms with Crippen molar-refractivity contribution in [2.45, 2.75) is 51.7 Å². The minimum absolute atomic E-state index is 0.278. The summed E-state index contributed by atoms with van der Waals surface area (Å²) < 4.78 is 0. The van der Waals surface area contributed by atoms with E-state index < -0.39 is 0 Å². The van der Waals surface area contributed by atoms with Crippen LogP contribution in [0, 0.1) is 0 Å². The molecule has 0 spiro atoms. The minimum atomic E-state index is -0.278. The number of aliphatic hydroxyl groups excluding tert-OH is 1. The van der Waals surface area contributed by atoms with Gasteiger partial charge >= 0.3 is 0 Å². The van der Waals surface area contributed by atoms with Crippen LogP contribution in [0.4, 0.5) is 5.82 Å². The monoisotopic (exact) mass is 320 g/mol. The first-order valence-electron chi connectivity index (χ1n) is 7.98. The van der Waals surface area contributed by atoms with Crippen LogP contribution in [0.15, 0.2) is 0 Å². The van der Waals surface area contributed by atoms with Gasteiger partial charge in [-0.2, -0.15) is 0 Å². The number of aryl methyl sites for hydroxylation is 2. The summed E-state index contributed by atoms with van der Waals surface area (Å²) in [7, 11) is 2.02. The Morgan fingerprint density at radius 1 is 1.32 bits per heavy atom. The topological polar surface area (TPSA) is 75.3 Å². The van der Waals surface area contributed by atoms with E-state index in [1.807, 2.05) is 14.0 Å². The molecule has 120 valence electrons. The van der Waals surface area contributed by atoms with E-state index >= 15 is 0 Å². The highest BCUT2D eigenvalue weighted by atomic mass is 32.1. The van der Waals surface area contributed by atoms with Crippen molar-refractivity contribution in [3.63, 3.8) is 0 Å². The van der Waals surface area contributed by atoms with Gasteiger partial charge in [-0.15, -0.1) is 11.3 Å². The molecule has 0 aromatic carbocycles. The van der Waals surface area contributed by atoms with Crippen LogP contribution in [0.25, 0.3) is 10.2 Å². The van der Waals surface area contributed by atoms with Gasteiger partial charge in [-0.25, -0.2) is 9.97 Å². The highest BCUT2D eigenvalue weighted by Crippen LogP contribution is 2.37. The number of nitrogen functional groups attached to an aromatic ring is 1. The standard InChI is InChI=1S/C16H24N4OS/c1-10(21)7-8-20(2)9-13-18-15(17)14-11-5-3-4-6-12(11)22-16(14)19-13/h10,21H,3-9H2,1-2H3,(H2,17,18,19). The Hall–Kier alpha value is -1.24. The van der Waals surface area contributed by atoms with Crippen molar-refractivity contribution in [1.29, 1.82) is 0 Å². The van der Waals surface area contributed by atoms with E-state index in [2.05, 4.69) is 9.88 Å². The lowest BCUT2D eigenvalue weighted by molar-refractivity contribution is 0.162. The molecule has 0 fully saturated rings. The molecule has 3 N–H and O–H groups in total. The SMILES string of the molecule is CC(O)CCN(C)Cc1nc(N)c2c3c(sc2n1)CCCC3. The maximum atomic E-state index is 9.37. The second kappa shape index (κ2) is 6.48. The van der Waals surface area contributed by atoms with Crippen molar-refractivity contribution in [2.24, 2.45) is 0 Å². The van der Waals surface area contributed by atoms with Gasteiger partial charge in [-0.3, -0.25) is 4.90 Å². The van der Waals surface area contributed by atoms with Crippen LogP contribution < -0.4 is 5.73 Å². The Kier molecular flexibility index (Phi) is 4.61. The van der Waals surface area contributed by atoms with Crippen LogP contribution in [0.3, 0.4) is 0 Å². The van der Waals surface area contributed by atoms with E-state index in [-0.39, 0.29) is 6.10 Å². The molecule has 2 heterocycles. The Bertz CT molecular complexity index is 668. The zero-order chi connectivity index (χ0) is 15.7. The van der Waals surface area contributed by atoms with Crippen molar-refractivity contribution in [3.05, 3.63) is 16.3 Å². The maximum Gasteiger partial charge on any atom is 0.146 e. The number of nitrogens with two attached hydrogens (primary N) is 1. The number of anilines is 1. The Morgan fingerprint density at radius 3 is 2.86 bits per heavy atom. The van der Waals surface area contributed by atoms with Crippen molar-refractivity contribution >= 4 is 27.4 Å². The Morgan fingerprint density at radius 2 is 2.09 bits per heavy atom. The molecule has 2 aromatic rings. The normalized spacial score (nSPS) is 16.2. The van der Waals surface area contributed by atoms with Crippen molar-refractivity contribution in [3.8, 4) is 0 Å². The molecule has 5 nitrogen and oxygen atoms in total. The summed E-state index contributed by atoms with van der Waals surface area (Å²) in [5, 5.41) is 10.5. The highest BCUT2D eigenvalue weighted by molar-refractivity contribution is 7.19. The van der Waals surface area contributed by atoms with E-state index in [0.29, 0.717) is 12.4 Å². The summed E-state index contributed by atoms with van der Waals surface area (Å²) in [4.78, 5) is 13.9. The maximum absolute atomic E-state index is 9.37. The number of hydrogen-bond donors (Lipinski definition) is 2. The van der Waals surface area contributed by atoms with Crippen LogP contribution in [-0.4, -0.2) is 39.7 Å². The highest BCUT2D eigenvalue weighted by Gasteiger charge is 2.20. The molecule has 1 aliphatic carbocycles. The molecule has 0 saturated heterocycles. The number of aliphatic hydroxyl groups is 1. The zero-order valence-electron chi connectivity index (χ0n) is 13.3. The Balaban J connectivity index is 1.83. The second-order valence-electron chi connectivity index (χ2n) is 6.29. The van der Waals surface area contributed by atoms with Crippen LogP contribution in [0.1, 0.15) is 42.5 Å². The summed E-state index contributed by atoms with van der Waals surface area (Å²) in [5.74, 6) is 1.40. The first-order chi connectivity index (χ1) is 10.5. The number of hydrogen-bond acceptors (Lipinski definition) is 6. The average molecular weight is 320 g/mol. The van der Waals surface area contributed by atoms with Crippen LogP contribution in [0.2, 0.25) is 0 Å². The lowest BCUT2D eigenvalue weighted by Gasteiger charge is -2.16. The molecule has 1 aliphatic rings. The predicted octanol–water partition coefficient (Wildman–Crippen LogP) is 2.36. The minimum Gasteiger partial charge on any atom is -0.393 e. The van der Waals surface area contributed by atoms with Crippen molar-refractivity contribution in [2.75, 3.05) is 19.3 Å². The summed E-state index contributed by atoms with van der Waals surface area (Å²) in [6.45, 7) is 3.29. The summed E-state index contributed by atoms with van der Waals surface area (Å²) in [6.07, 6.45) is 5.24. The van der Waals surface area contributed by atoms with Gasteiger partial charge in [0.15, 0.2) is 0 Å². The molecule has 6 heteroatoms. The van der Waals surface area contributed by atoms with Gasteiger partial charge in [-0.05, 0) is 51.6 Å². The van der Waals surface area contributed by atoms with E-state index in [9.17, 15) is 5.11 Å². The summed E-state index contributed by atoms with van der Waals surface area (Å²) >= 11 is 1.78. The molecule has 1 atom stereocenters. The molecule has 0 saturated carbocycles. The quantitative estimate of drug-likeness (QED) is 0.884. The van der Waals surface area contributed by atoms with E-state index in [4.69, 9.17) is 10.7 Å². The predicted molar refractivity (Wildman–Crippen MR) is 91.1 cm³/mol. The first-order valence-corrected chi connectivity index (χ1v) is 8.79. The van der Waals surface area contributed by atoms with Crippen LogP contribution in [-0.2, 0) is 19.4 Å². The van der Waals surface area contributed by atoms with Gasteiger partial charge in [0.1, 0.15) is 16.5 Å².